The Morgan fingerprint density at radius 2 is 2.20 bits per heavy atom. The molecule has 108 valence electrons. The molecule has 1 aromatic carbocycles. The van der Waals surface area contributed by atoms with Crippen molar-refractivity contribution in [1.82, 2.24) is 0 Å². The smallest absolute Gasteiger partial charge is 0.387 e. The summed E-state index contributed by atoms with van der Waals surface area (Å²) in [5.41, 5.74) is 0.528. The highest BCUT2D eigenvalue weighted by Crippen LogP contribution is 2.30. The van der Waals surface area contributed by atoms with Gasteiger partial charge in [0, 0.05) is 5.56 Å². The molecule has 0 N–H and O–H groups in total. The van der Waals surface area contributed by atoms with Gasteiger partial charge < -0.3 is 9.47 Å². The molecule has 1 rings (SSSR count). The lowest BCUT2D eigenvalue weighted by molar-refractivity contribution is -0.142. The first-order valence-corrected chi connectivity index (χ1v) is 6.28. The Kier molecular flexibility index (Phi) is 6.19. The van der Waals surface area contributed by atoms with Gasteiger partial charge in [-0.1, -0.05) is 6.07 Å². The third kappa shape index (κ3) is 4.07. The summed E-state index contributed by atoms with van der Waals surface area (Å²) in [7, 11) is 0. The maximum atomic E-state index is 12.4. The molecular weight excluding hydrogens is 292 g/mol. The first kappa shape index (κ1) is 16.2. The van der Waals surface area contributed by atoms with E-state index in [2.05, 4.69) is 4.74 Å². The lowest BCUT2D eigenvalue weighted by Gasteiger charge is -2.14. The minimum Gasteiger partial charge on any atom is -0.466 e. The first-order valence-electron chi connectivity index (χ1n) is 5.74. The number of rotatable bonds is 6. The van der Waals surface area contributed by atoms with E-state index in [1.54, 1.807) is 13.0 Å². The molecule has 0 radical (unpaired) electrons. The molecule has 0 unspecified atom stereocenters. The Balaban J connectivity index is 3.20. The number of benzene rings is 1. The minimum absolute atomic E-state index is 0.0615. The van der Waals surface area contributed by atoms with Crippen molar-refractivity contribution in [2.45, 2.75) is 25.8 Å². The highest BCUT2D eigenvalue weighted by molar-refractivity contribution is 6.17. The monoisotopic (exact) mass is 303 g/mol. The van der Waals surface area contributed by atoms with E-state index < -0.39 is 12.6 Å². The molecule has 0 heterocycles. The van der Waals surface area contributed by atoms with Crippen molar-refractivity contribution in [3.63, 3.8) is 0 Å². The van der Waals surface area contributed by atoms with Gasteiger partial charge >= 0.3 is 12.6 Å². The third-order valence-electron chi connectivity index (χ3n) is 2.46. The number of hydrogen-bond donors (Lipinski definition) is 0. The van der Waals surface area contributed by atoms with E-state index >= 15 is 0 Å². The van der Waals surface area contributed by atoms with E-state index in [0.29, 0.717) is 5.56 Å². The number of ether oxygens (including phenoxy) is 2. The molecule has 4 nitrogen and oxygen atoms in total. The van der Waals surface area contributed by atoms with Gasteiger partial charge in [0.15, 0.2) is 0 Å². The van der Waals surface area contributed by atoms with Crippen LogP contribution in [0.3, 0.4) is 0 Å². The van der Waals surface area contributed by atoms with E-state index in [9.17, 15) is 13.6 Å². The van der Waals surface area contributed by atoms with Crippen LogP contribution in [-0.2, 0) is 21.8 Å². The topological polar surface area (TPSA) is 59.3 Å². The number of alkyl halides is 3. The van der Waals surface area contributed by atoms with Crippen molar-refractivity contribution in [2.75, 3.05) is 6.61 Å². The molecule has 0 saturated carbocycles. The molecule has 7 heteroatoms. The summed E-state index contributed by atoms with van der Waals surface area (Å²) in [5.74, 6) is -0.961. The Bertz CT molecular complexity index is 529. The van der Waals surface area contributed by atoms with Gasteiger partial charge in [0.1, 0.15) is 11.8 Å². The Morgan fingerprint density at radius 3 is 2.70 bits per heavy atom. The van der Waals surface area contributed by atoms with Crippen molar-refractivity contribution in [2.24, 2.45) is 0 Å². The van der Waals surface area contributed by atoms with E-state index in [4.69, 9.17) is 21.6 Å². The van der Waals surface area contributed by atoms with Gasteiger partial charge in [0.05, 0.1) is 24.5 Å². The molecule has 0 saturated heterocycles. The van der Waals surface area contributed by atoms with Gasteiger partial charge in [-0.25, -0.2) is 0 Å². The summed E-state index contributed by atoms with van der Waals surface area (Å²) in [6.07, 6.45) is -0.124. The number of halogens is 3. The van der Waals surface area contributed by atoms with E-state index in [1.807, 2.05) is 0 Å². The molecule has 0 aliphatic rings. The van der Waals surface area contributed by atoms with Crippen molar-refractivity contribution in [3.8, 4) is 11.8 Å². The summed E-state index contributed by atoms with van der Waals surface area (Å²) in [5, 5.41) is 8.90. The van der Waals surface area contributed by atoms with Gasteiger partial charge in [0.25, 0.3) is 0 Å². The van der Waals surface area contributed by atoms with Crippen LogP contribution in [0.15, 0.2) is 12.1 Å². The zero-order valence-electron chi connectivity index (χ0n) is 10.7. The molecule has 0 amide bonds. The highest BCUT2D eigenvalue weighted by atomic mass is 35.5. The molecule has 0 fully saturated rings. The molecular formula is C13H12ClF2NO3. The third-order valence-corrected chi connectivity index (χ3v) is 2.73. The van der Waals surface area contributed by atoms with Crippen molar-refractivity contribution >= 4 is 17.6 Å². The quantitative estimate of drug-likeness (QED) is 0.599. The van der Waals surface area contributed by atoms with Crippen LogP contribution in [0.1, 0.15) is 23.6 Å². The fourth-order valence-corrected chi connectivity index (χ4v) is 1.95. The van der Waals surface area contributed by atoms with Crippen LogP contribution >= 0.6 is 11.6 Å². The minimum atomic E-state index is -3.08. The van der Waals surface area contributed by atoms with Gasteiger partial charge in [-0.2, -0.15) is 14.0 Å². The summed E-state index contributed by atoms with van der Waals surface area (Å²) in [4.78, 5) is 11.4. The predicted octanol–water partition coefficient (Wildman–Crippen LogP) is 3.00. The lowest BCUT2D eigenvalue weighted by atomic mass is 10.0. The number of carbonyl (C=O) groups is 1. The van der Waals surface area contributed by atoms with Crippen LogP contribution in [0.2, 0.25) is 0 Å². The second kappa shape index (κ2) is 7.65. The van der Waals surface area contributed by atoms with Crippen LogP contribution < -0.4 is 4.74 Å². The molecule has 0 aromatic heterocycles. The van der Waals surface area contributed by atoms with E-state index in [-0.39, 0.29) is 35.8 Å². The first-order chi connectivity index (χ1) is 9.53. The van der Waals surface area contributed by atoms with E-state index in [1.165, 1.54) is 12.1 Å². The average Bonchev–Trinajstić information content (AvgIpc) is 2.39. The SMILES string of the molecule is CCOC(=O)Cc1ccc(C#N)c(OC(F)F)c1CCl. The Morgan fingerprint density at radius 1 is 1.50 bits per heavy atom. The number of esters is 1. The molecule has 20 heavy (non-hydrogen) atoms. The van der Waals surface area contributed by atoms with Crippen LogP contribution in [-0.4, -0.2) is 19.2 Å². The predicted molar refractivity (Wildman–Crippen MR) is 67.7 cm³/mol. The van der Waals surface area contributed by atoms with Crippen molar-refractivity contribution < 1.29 is 23.0 Å². The fourth-order valence-electron chi connectivity index (χ4n) is 1.66. The zero-order valence-corrected chi connectivity index (χ0v) is 11.4. The average molecular weight is 304 g/mol. The maximum Gasteiger partial charge on any atom is 0.387 e. The molecule has 1 aromatic rings. The van der Waals surface area contributed by atoms with Crippen molar-refractivity contribution in [3.05, 3.63) is 28.8 Å². The number of nitrogens with zero attached hydrogens (tertiary/aromatic N) is 1. The molecule has 0 bridgehead atoms. The zero-order chi connectivity index (χ0) is 15.1. The standard InChI is InChI=1S/C13H12ClF2NO3/c1-2-19-11(18)5-8-3-4-9(7-17)12(10(8)6-14)20-13(15)16/h3-4,13H,2,5-6H2,1H3. The molecule has 0 spiro atoms. The lowest BCUT2D eigenvalue weighted by Crippen LogP contribution is -2.12. The number of nitriles is 1. The maximum absolute atomic E-state index is 12.4. The van der Waals surface area contributed by atoms with E-state index in [0.717, 1.165) is 0 Å². The fraction of sp³-hybridized carbons (Fsp3) is 0.385. The summed E-state index contributed by atoms with van der Waals surface area (Å²) in [6, 6.07) is 4.53. The van der Waals surface area contributed by atoms with Crippen molar-refractivity contribution in [1.29, 1.82) is 5.26 Å². The molecule has 0 aliphatic heterocycles. The Labute approximate surface area is 119 Å². The van der Waals surface area contributed by atoms with Crippen LogP contribution in [0.25, 0.3) is 0 Å². The summed E-state index contributed by atoms with van der Waals surface area (Å²) >= 11 is 5.72. The summed E-state index contributed by atoms with van der Waals surface area (Å²) in [6.45, 7) is -1.21. The largest absolute Gasteiger partial charge is 0.466 e. The molecule has 0 atom stereocenters. The highest BCUT2D eigenvalue weighted by Gasteiger charge is 2.19. The molecule has 0 aliphatic carbocycles. The van der Waals surface area contributed by atoms with Gasteiger partial charge in [0.2, 0.25) is 0 Å². The van der Waals surface area contributed by atoms with Gasteiger partial charge in [-0.05, 0) is 18.6 Å². The number of carbonyl (C=O) groups excluding carboxylic acids is 1. The number of hydrogen-bond acceptors (Lipinski definition) is 4. The Hall–Kier alpha value is -1.87. The van der Waals surface area contributed by atoms with Gasteiger partial charge in [-0.15, -0.1) is 11.6 Å². The second-order valence-corrected chi connectivity index (χ2v) is 3.95. The normalized spacial score (nSPS) is 10.2. The van der Waals surface area contributed by atoms with Gasteiger partial charge in [-0.3, -0.25) is 4.79 Å². The van der Waals surface area contributed by atoms with Crippen LogP contribution in [0.5, 0.6) is 5.75 Å². The summed E-state index contributed by atoms with van der Waals surface area (Å²) < 4.78 is 33.9. The van der Waals surface area contributed by atoms with Crippen LogP contribution in [0.4, 0.5) is 8.78 Å². The second-order valence-electron chi connectivity index (χ2n) is 3.69. The van der Waals surface area contributed by atoms with Crippen LogP contribution in [0, 0.1) is 11.3 Å².